The van der Waals surface area contributed by atoms with Crippen molar-refractivity contribution in [3.8, 4) is 0 Å². The molecule has 3 N–H and O–H groups in total. The second-order valence-electron chi connectivity index (χ2n) is 6.31. The summed E-state index contributed by atoms with van der Waals surface area (Å²) in [6.45, 7) is 0. The summed E-state index contributed by atoms with van der Waals surface area (Å²) in [6.07, 6.45) is 2.77. The molecule has 0 unspecified atom stereocenters. The maximum Gasteiger partial charge on any atom is 0.307 e. The summed E-state index contributed by atoms with van der Waals surface area (Å²) in [5.74, 6) is -1.13. The molecule has 0 fully saturated rings. The van der Waals surface area contributed by atoms with Gasteiger partial charge < -0.3 is 9.73 Å². The van der Waals surface area contributed by atoms with Crippen LogP contribution in [0.4, 0.5) is 11.4 Å². The number of hydrogen-bond acceptors (Lipinski definition) is 6. The van der Waals surface area contributed by atoms with Gasteiger partial charge in [0.25, 0.3) is 5.91 Å². The van der Waals surface area contributed by atoms with Gasteiger partial charge in [0.05, 0.1) is 38.8 Å². The fraction of sp³-hybridized carbons (Fsp3) is 0. The number of hydrogen-bond donors (Lipinski definition) is 3. The highest BCUT2D eigenvalue weighted by Gasteiger charge is 2.19. The van der Waals surface area contributed by atoms with Crippen molar-refractivity contribution >= 4 is 57.3 Å². The van der Waals surface area contributed by atoms with E-state index in [9.17, 15) is 14.8 Å². The first-order valence-electron chi connectivity index (χ1n) is 8.92. The van der Waals surface area contributed by atoms with Gasteiger partial charge in [0, 0.05) is 11.6 Å². The second kappa shape index (κ2) is 8.65. The molecular weight excluding hydrogens is 443 g/mol. The number of carbonyl (C=O) groups excluding carboxylic acids is 2. The van der Waals surface area contributed by atoms with Gasteiger partial charge in [-0.3, -0.25) is 19.8 Å². The highest BCUT2D eigenvalue weighted by molar-refractivity contribution is 6.40. The van der Waals surface area contributed by atoms with Crippen molar-refractivity contribution in [1.29, 1.82) is 0 Å². The average Bonchev–Trinajstić information content (AvgIpc) is 3.28. The molecule has 0 atom stereocenters. The van der Waals surface area contributed by atoms with Gasteiger partial charge in [-0.2, -0.15) is 5.17 Å². The largest absolute Gasteiger partial charge is 0.459 e. The zero-order valence-electron chi connectivity index (χ0n) is 15.7. The molecule has 0 saturated carbocycles. The summed E-state index contributed by atoms with van der Waals surface area (Å²) in [5, 5.41) is 14.6. The van der Waals surface area contributed by atoms with Crippen LogP contribution < -0.4 is 15.9 Å². The third-order valence-electron chi connectivity index (χ3n) is 4.37. The Labute approximate surface area is 185 Å². The second-order valence-corrected chi connectivity index (χ2v) is 7.13. The number of amides is 2. The molecule has 4 aromatic rings. The van der Waals surface area contributed by atoms with Crippen molar-refractivity contribution in [3.63, 3.8) is 0 Å². The monoisotopic (exact) mass is 456 g/mol. The van der Waals surface area contributed by atoms with Crippen LogP contribution in [0.3, 0.4) is 0 Å². The maximum absolute atomic E-state index is 12.8. The molecule has 2 amide bonds. The Bertz CT molecular complexity index is 1260. The van der Waals surface area contributed by atoms with Gasteiger partial charge in [-0.15, -0.1) is 0 Å². The third kappa shape index (κ3) is 4.17. The molecule has 0 aliphatic rings. The van der Waals surface area contributed by atoms with Crippen LogP contribution in [0.5, 0.6) is 0 Å². The standard InChI is InChI=1S/C21H14Cl2N4O4/c22-13-5-2-6-14(23)18(13)21(29)25-15-7-1-4-12-16(9-10-24-19(12)15)27(30)26-20(28)17-8-3-11-31-17/h1-11,30H,(H,25,29)(H,26,28). The van der Waals surface area contributed by atoms with Gasteiger partial charge in [0.15, 0.2) is 5.76 Å². The van der Waals surface area contributed by atoms with Gasteiger partial charge in [-0.05, 0) is 36.4 Å². The lowest BCUT2D eigenvalue weighted by molar-refractivity contribution is 0.0852. The van der Waals surface area contributed by atoms with E-state index in [1.807, 2.05) is 0 Å². The number of rotatable bonds is 5. The molecule has 2 heterocycles. The number of para-hydroxylation sites is 1. The minimum Gasteiger partial charge on any atom is -0.459 e. The van der Waals surface area contributed by atoms with Crippen molar-refractivity contribution in [2.45, 2.75) is 0 Å². The summed E-state index contributed by atoms with van der Waals surface area (Å²) in [4.78, 5) is 29.2. The van der Waals surface area contributed by atoms with Crippen LogP contribution in [-0.4, -0.2) is 22.0 Å². The van der Waals surface area contributed by atoms with Crippen LogP contribution >= 0.6 is 23.2 Å². The van der Waals surface area contributed by atoms with Gasteiger partial charge in [-0.1, -0.05) is 41.4 Å². The highest BCUT2D eigenvalue weighted by Crippen LogP contribution is 2.30. The summed E-state index contributed by atoms with van der Waals surface area (Å²) in [5.41, 5.74) is 3.41. The van der Waals surface area contributed by atoms with E-state index in [1.165, 1.54) is 24.6 Å². The van der Waals surface area contributed by atoms with E-state index >= 15 is 0 Å². The topological polar surface area (TPSA) is 108 Å². The summed E-state index contributed by atoms with van der Waals surface area (Å²) in [7, 11) is 0. The summed E-state index contributed by atoms with van der Waals surface area (Å²) >= 11 is 12.2. The SMILES string of the molecule is O=C(NN(O)c1ccnc2c(NC(=O)c3c(Cl)cccc3Cl)cccc12)c1ccco1. The number of halogens is 2. The van der Waals surface area contributed by atoms with Gasteiger partial charge in [0.1, 0.15) is 0 Å². The number of nitrogens with one attached hydrogen (secondary N) is 2. The molecule has 8 nitrogen and oxygen atoms in total. The normalized spacial score (nSPS) is 10.7. The maximum atomic E-state index is 12.8. The first kappa shape index (κ1) is 20.7. The van der Waals surface area contributed by atoms with Crippen molar-refractivity contribution in [1.82, 2.24) is 10.4 Å². The van der Waals surface area contributed by atoms with E-state index in [1.54, 1.807) is 42.5 Å². The molecule has 2 aromatic carbocycles. The number of anilines is 2. The third-order valence-corrected chi connectivity index (χ3v) is 5.00. The quantitative estimate of drug-likeness (QED) is 0.367. The molecule has 0 aliphatic carbocycles. The molecule has 10 heteroatoms. The van der Waals surface area contributed by atoms with Crippen LogP contribution in [0.25, 0.3) is 10.9 Å². The average molecular weight is 457 g/mol. The van der Waals surface area contributed by atoms with Crippen molar-refractivity contribution < 1.29 is 19.2 Å². The Morgan fingerprint density at radius 3 is 2.42 bits per heavy atom. The fourth-order valence-electron chi connectivity index (χ4n) is 2.97. The molecule has 4 rings (SSSR count). The van der Waals surface area contributed by atoms with Gasteiger partial charge >= 0.3 is 5.91 Å². The van der Waals surface area contributed by atoms with Crippen LogP contribution in [0.2, 0.25) is 10.0 Å². The van der Waals surface area contributed by atoms with Crippen LogP contribution in [0.1, 0.15) is 20.9 Å². The zero-order valence-corrected chi connectivity index (χ0v) is 17.2. The number of benzene rings is 2. The molecular formula is C21H14Cl2N4O4. The van der Waals surface area contributed by atoms with E-state index in [0.717, 1.165) is 0 Å². The predicted molar refractivity (Wildman–Crippen MR) is 117 cm³/mol. The summed E-state index contributed by atoms with van der Waals surface area (Å²) in [6, 6.07) is 14.3. The number of carbonyl (C=O) groups is 2. The lowest BCUT2D eigenvalue weighted by atomic mass is 10.1. The molecule has 0 bridgehead atoms. The minimum absolute atomic E-state index is 0.0296. The van der Waals surface area contributed by atoms with E-state index in [0.29, 0.717) is 21.8 Å². The zero-order chi connectivity index (χ0) is 22.0. The lowest BCUT2D eigenvalue weighted by Gasteiger charge is -2.19. The Kier molecular flexibility index (Phi) is 5.77. The molecule has 0 spiro atoms. The molecule has 0 aliphatic heterocycles. The molecule has 31 heavy (non-hydrogen) atoms. The number of aromatic nitrogens is 1. The molecule has 0 radical (unpaired) electrons. The highest BCUT2D eigenvalue weighted by atomic mass is 35.5. The Morgan fingerprint density at radius 2 is 1.71 bits per heavy atom. The van der Waals surface area contributed by atoms with Crippen LogP contribution in [0.15, 0.2) is 71.5 Å². The summed E-state index contributed by atoms with van der Waals surface area (Å²) < 4.78 is 5.01. The van der Waals surface area contributed by atoms with Gasteiger partial charge in [-0.25, -0.2) is 5.43 Å². The number of nitrogens with zero attached hydrogens (tertiary/aromatic N) is 2. The number of furan rings is 1. The number of pyridine rings is 1. The first-order valence-corrected chi connectivity index (χ1v) is 9.68. The minimum atomic E-state index is -0.643. The number of hydrazine groups is 1. The van der Waals surface area contributed by atoms with Crippen molar-refractivity contribution in [3.05, 3.63) is 88.4 Å². The van der Waals surface area contributed by atoms with Crippen molar-refractivity contribution in [2.24, 2.45) is 0 Å². The fourth-order valence-corrected chi connectivity index (χ4v) is 3.53. The Morgan fingerprint density at radius 1 is 0.968 bits per heavy atom. The Hall–Kier alpha value is -3.59. The predicted octanol–water partition coefficient (Wildman–Crippen LogP) is 4.93. The van der Waals surface area contributed by atoms with E-state index in [2.05, 4.69) is 15.7 Å². The van der Waals surface area contributed by atoms with Gasteiger partial charge in [0.2, 0.25) is 0 Å². The van der Waals surface area contributed by atoms with E-state index in [-0.39, 0.29) is 27.1 Å². The first-order chi connectivity index (χ1) is 15.0. The smallest absolute Gasteiger partial charge is 0.307 e. The van der Waals surface area contributed by atoms with E-state index < -0.39 is 11.8 Å². The van der Waals surface area contributed by atoms with Crippen LogP contribution in [-0.2, 0) is 0 Å². The van der Waals surface area contributed by atoms with Crippen LogP contribution in [0, 0.1) is 0 Å². The molecule has 0 saturated heterocycles. The lowest BCUT2D eigenvalue weighted by Crippen LogP contribution is -2.39. The van der Waals surface area contributed by atoms with Crippen molar-refractivity contribution in [2.75, 3.05) is 10.5 Å². The number of fused-ring (bicyclic) bond motifs is 1. The molecule has 156 valence electrons. The Balaban J connectivity index is 1.65. The molecule has 2 aromatic heterocycles. The van der Waals surface area contributed by atoms with E-state index in [4.69, 9.17) is 27.6 Å².